The first-order chi connectivity index (χ1) is 5.04. The summed E-state index contributed by atoms with van der Waals surface area (Å²) in [6.07, 6.45) is 0.961. The number of rotatable bonds is 2. The molecule has 64 valence electrons. The zero-order valence-corrected chi connectivity index (χ0v) is 7.93. The summed E-state index contributed by atoms with van der Waals surface area (Å²) in [5, 5.41) is 7.82. The highest BCUT2D eigenvalue weighted by molar-refractivity contribution is 6.44. The van der Waals surface area contributed by atoms with Crippen LogP contribution >= 0.6 is 23.2 Å². The van der Waals surface area contributed by atoms with Crippen molar-refractivity contribution in [3.63, 3.8) is 0 Å². The lowest BCUT2D eigenvalue weighted by atomic mass is 10.6. The summed E-state index contributed by atoms with van der Waals surface area (Å²) in [6.45, 7) is 0. The van der Waals surface area contributed by atoms with E-state index in [2.05, 4.69) is 0 Å². The molecule has 0 radical (unpaired) electrons. The Labute approximate surface area is 76.5 Å². The van der Waals surface area contributed by atoms with Gasteiger partial charge in [0, 0.05) is 14.1 Å². The Balaban J connectivity index is 0. The quantitative estimate of drug-likeness (QED) is 0.496. The van der Waals surface area contributed by atoms with Gasteiger partial charge >= 0.3 is 0 Å². The molecule has 0 aromatic rings. The molecule has 1 amide bonds. The van der Waals surface area contributed by atoms with E-state index in [1.807, 2.05) is 0 Å². The van der Waals surface area contributed by atoms with Crippen molar-refractivity contribution in [2.75, 3.05) is 14.1 Å². The predicted molar refractivity (Wildman–Crippen MR) is 45.5 cm³/mol. The van der Waals surface area contributed by atoms with Crippen LogP contribution in [0.2, 0.25) is 0 Å². The maximum Gasteiger partial charge on any atom is 0.209 e. The van der Waals surface area contributed by atoms with Gasteiger partial charge in [-0.25, -0.2) is 0 Å². The Morgan fingerprint density at radius 2 is 2.00 bits per heavy atom. The summed E-state index contributed by atoms with van der Waals surface area (Å²) in [5.74, 6) is 0. The summed E-state index contributed by atoms with van der Waals surface area (Å²) in [4.78, 5) is 10.4. The maximum absolute atomic E-state index is 9.43. The van der Waals surface area contributed by atoms with Gasteiger partial charge in [0.2, 0.25) is 6.41 Å². The van der Waals surface area contributed by atoms with E-state index in [-0.39, 0.29) is 6.42 Å². The van der Waals surface area contributed by atoms with E-state index in [1.54, 1.807) is 20.2 Å². The molecule has 0 saturated heterocycles. The number of halogens is 2. The molecule has 0 rings (SSSR count). The van der Waals surface area contributed by atoms with Gasteiger partial charge in [-0.2, -0.15) is 5.26 Å². The zero-order valence-electron chi connectivity index (χ0n) is 6.42. The highest BCUT2D eigenvalue weighted by Gasteiger charge is 1.91. The second-order valence-corrected chi connectivity index (χ2v) is 3.10. The maximum atomic E-state index is 9.43. The second kappa shape index (κ2) is 9.54. The molecule has 11 heavy (non-hydrogen) atoms. The molecule has 0 aliphatic heterocycles. The molecule has 0 N–H and O–H groups in total. The number of hydrogen-bond acceptors (Lipinski definition) is 2. The van der Waals surface area contributed by atoms with Crippen molar-refractivity contribution < 1.29 is 4.79 Å². The summed E-state index contributed by atoms with van der Waals surface area (Å²) in [5.41, 5.74) is 0. The van der Waals surface area contributed by atoms with Gasteiger partial charge in [-0.1, -0.05) is 0 Å². The lowest BCUT2D eigenvalue weighted by Gasteiger charge is -1.93. The van der Waals surface area contributed by atoms with Crippen LogP contribution in [0.3, 0.4) is 0 Å². The van der Waals surface area contributed by atoms with Crippen LogP contribution in [0.15, 0.2) is 0 Å². The highest BCUT2D eigenvalue weighted by atomic mass is 35.5. The van der Waals surface area contributed by atoms with Gasteiger partial charge in [0.25, 0.3) is 0 Å². The third kappa shape index (κ3) is 26.3. The fraction of sp³-hybridized carbons (Fsp3) is 0.667. The van der Waals surface area contributed by atoms with E-state index >= 15 is 0 Å². The minimum Gasteiger partial charge on any atom is -0.351 e. The Morgan fingerprint density at radius 1 is 1.64 bits per heavy atom. The number of nitriles is 1. The van der Waals surface area contributed by atoms with Gasteiger partial charge in [0.05, 0.1) is 12.5 Å². The van der Waals surface area contributed by atoms with Crippen molar-refractivity contribution >= 4 is 29.6 Å². The number of carbonyl (C=O) groups is 1. The Morgan fingerprint density at radius 3 is 2.00 bits per heavy atom. The minimum absolute atomic E-state index is 0.211. The van der Waals surface area contributed by atoms with Gasteiger partial charge < -0.3 is 4.90 Å². The molecule has 0 aromatic carbocycles. The van der Waals surface area contributed by atoms with Crippen LogP contribution in [-0.2, 0) is 4.79 Å². The lowest BCUT2D eigenvalue weighted by molar-refractivity contribution is -0.115. The van der Waals surface area contributed by atoms with Crippen LogP contribution in [0.1, 0.15) is 6.42 Å². The van der Waals surface area contributed by atoms with Crippen molar-refractivity contribution in [3.8, 4) is 6.07 Å². The summed E-state index contributed by atoms with van der Waals surface area (Å²) >= 11 is 10.2. The van der Waals surface area contributed by atoms with E-state index in [0.29, 0.717) is 0 Å². The standard InChI is InChI=1S/C3H3Cl2N.C3H7NO/c4-3(5)1-2-6;1-4(2)3-5/h3H,1H2;3H,1-2H3. The molecule has 0 bridgehead atoms. The van der Waals surface area contributed by atoms with Crippen molar-refractivity contribution in [1.82, 2.24) is 4.90 Å². The number of alkyl halides is 2. The Hall–Kier alpha value is -0.460. The third-order valence-electron chi connectivity index (χ3n) is 0.456. The van der Waals surface area contributed by atoms with Crippen molar-refractivity contribution in [3.05, 3.63) is 0 Å². The van der Waals surface area contributed by atoms with E-state index in [4.69, 9.17) is 28.5 Å². The highest BCUT2D eigenvalue weighted by Crippen LogP contribution is 2.03. The van der Waals surface area contributed by atoms with Gasteiger partial charge in [0.1, 0.15) is 4.84 Å². The topological polar surface area (TPSA) is 44.1 Å². The van der Waals surface area contributed by atoms with Gasteiger partial charge in [-0.3, -0.25) is 4.79 Å². The van der Waals surface area contributed by atoms with Gasteiger partial charge in [0.15, 0.2) is 0 Å². The summed E-state index contributed by atoms with van der Waals surface area (Å²) < 4.78 is 0. The molecular weight excluding hydrogens is 187 g/mol. The first kappa shape index (κ1) is 13.2. The SMILES string of the molecule is CN(C)C=O.N#CCC(Cl)Cl. The molecular formula is C6H10Cl2N2O. The summed E-state index contributed by atoms with van der Waals surface area (Å²) in [7, 11) is 3.38. The van der Waals surface area contributed by atoms with Crippen molar-refractivity contribution in [1.29, 1.82) is 5.26 Å². The van der Waals surface area contributed by atoms with Crippen molar-refractivity contribution in [2.45, 2.75) is 11.3 Å². The molecule has 0 heterocycles. The monoisotopic (exact) mass is 196 g/mol. The lowest BCUT2D eigenvalue weighted by Crippen LogP contribution is -2.06. The molecule has 0 unspecified atom stereocenters. The van der Waals surface area contributed by atoms with Gasteiger partial charge in [-0.15, -0.1) is 23.2 Å². The van der Waals surface area contributed by atoms with E-state index < -0.39 is 4.84 Å². The average molecular weight is 197 g/mol. The second-order valence-electron chi connectivity index (χ2n) is 1.82. The molecule has 0 aromatic heterocycles. The van der Waals surface area contributed by atoms with Crippen LogP contribution in [0.4, 0.5) is 0 Å². The number of nitrogens with zero attached hydrogens (tertiary/aromatic N) is 2. The molecule has 0 spiro atoms. The Kier molecular flexibility index (Phi) is 11.4. The van der Waals surface area contributed by atoms with Crippen LogP contribution in [0.25, 0.3) is 0 Å². The molecule has 0 saturated carbocycles. The average Bonchev–Trinajstić information content (AvgIpc) is 1.89. The first-order valence-corrected chi connectivity index (χ1v) is 3.68. The van der Waals surface area contributed by atoms with Crippen LogP contribution in [0.5, 0.6) is 0 Å². The molecule has 5 heteroatoms. The number of amides is 1. The molecule has 0 aliphatic rings. The third-order valence-corrected chi connectivity index (χ3v) is 0.765. The molecule has 0 fully saturated rings. The molecule has 3 nitrogen and oxygen atoms in total. The summed E-state index contributed by atoms with van der Waals surface area (Å²) in [6, 6.07) is 1.80. The largest absolute Gasteiger partial charge is 0.351 e. The fourth-order valence-electron chi connectivity index (χ4n) is 0.0690. The number of carbonyl (C=O) groups excluding carboxylic acids is 1. The number of hydrogen-bond donors (Lipinski definition) is 0. The first-order valence-electron chi connectivity index (χ1n) is 2.81. The fourth-order valence-corrected chi connectivity index (χ4v) is 0.207. The van der Waals surface area contributed by atoms with Crippen molar-refractivity contribution in [2.24, 2.45) is 0 Å². The van der Waals surface area contributed by atoms with Gasteiger partial charge in [-0.05, 0) is 0 Å². The van der Waals surface area contributed by atoms with E-state index in [1.165, 1.54) is 4.90 Å². The predicted octanol–water partition coefficient (Wildman–Crippen LogP) is 1.41. The Bertz CT molecular complexity index is 131. The van der Waals surface area contributed by atoms with Crippen LogP contribution in [-0.4, -0.2) is 30.2 Å². The minimum atomic E-state index is -0.519. The van der Waals surface area contributed by atoms with E-state index in [9.17, 15) is 4.79 Å². The molecule has 0 atom stereocenters. The van der Waals surface area contributed by atoms with E-state index in [0.717, 1.165) is 6.41 Å². The van der Waals surface area contributed by atoms with Crippen LogP contribution in [0, 0.1) is 11.3 Å². The smallest absolute Gasteiger partial charge is 0.209 e. The van der Waals surface area contributed by atoms with Crippen LogP contribution < -0.4 is 0 Å². The molecule has 0 aliphatic carbocycles. The normalized spacial score (nSPS) is 7.64. The zero-order chi connectivity index (χ0) is 9.28.